The van der Waals surface area contributed by atoms with Gasteiger partial charge in [0.15, 0.2) is 0 Å². The summed E-state index contributed by atoms with van der Waals surface area (Å²) >= 11 is 0. The molecule has 0 N–H and O–H groups in total. The lowest BCUT2D eigenvalue weighted by Gasteiger charge is -2.32. The molecule has 2 aromatic carbocycles. The summed E-state index contributed by atoms with van der Waals surface area (Å²) in [5.74, 6) is 0.710. The summed E-state index contributed by atoms with van der Waals surface area (Å²) in [4.78, 5) is 11.7. The number of hydrogen-bond acceptors (Lipinski definition) is 6. The van der Waals surface area contributed by atoms with Gasteiger partial charge in [-0.15, -0.1) is 0 Å². The lowest BCUT2D eigenvalue weighted by Crippen LogP contribution is -2.41. The second-order valence-corrected chi connectivity index (χ2v) is 10.3. The first kappa shape index (κ1) is 26.5. The number of esters is 1. The summed E-state index contributed by atoms with van der Waals surface area (Å²) in [5.41, 5.74) is 2.35. The molecular formula is C28H36BFO6. The van der Waals surface area contributed by atoms with Gasteiger partial charge in [0.2, 0.25) is 0 Å². The Labute approximate surface area is 213 Å². The Hall–Kier alpha value is -2.58. The van der Waals surface area contributed by atoms with Gasteiger partial charge in [0.25, 0.3) is 0 Å². The highest BCUT2D eigenvalue weighted by Gasteiger charge is 2.52. The monoisotopic (exact) mass is 498 g/mol. The predicted octanol–water partition coefficient (Wildman–Crippen LogP) is 5.26. The van der Waals surface area contributed by atoms with Crippen LogP contribution >= 0.6 is 0 Å². The SMILES string of the molecule is CC.COC(=O)C[C@@H]1COc2cc(O[C@@H]3CCc4c(B5OC(C)(C)C(C)(C)O5)ccc(F)c43)ccc21. The van der Waals surface area contributed by atoms with Gasteiger partial charge in [-0.25, -0.2) is 4.39 Å². The fourth-order valence-electron chi connectivity index (χ4n) is 4.96. The molecule has 0 spiro atoms. The molecular weight excluding hydrogens is 462 g/mol. The molecule has 0 amide bonds. The first-order valence-corrected chi connectivity index (χ1v) is 12.8. The van der Waals surface area contributed by atoms with Crippen LogP contribution in [0.1, 0.15) is 83.1 Å². The molecule has 0 saturated carbocycles. The van der Waals surface area contributed by atoms with Gasteiger partial charge in [0, 0.05) is 23.1 Å². The number of ether oxygens (including phenoxy) is 3. The Kier molecular flexibility index (Phi) is 7.40. The minimum Gasteiger partial charge on any atom is -0.492 e. The largest absolute Gasteiger partial charge is 0.495 e. The first-order chi connectivity index (χ1) is 17.1. The Morgan fingerprint density at radius 1 is 1.11 bits per heavy atom. The van der Waals surface area contributed by atoms with E-state index in [9.17, 15) is 4.79 Å². The lowest BCUT2D eigenvalue weighted by molar-refractivity contribution is -0.141. The maximum atomic E-state index is 15.0. The van der Waals surface area contributed by atoms with Crippen molar-refractivity contribution in [2.24, 2.45) is 0 Å². The second-order valence-electron chi connectivity index (χ2n) is 10.3. The fourth-order valence-corrected chi connectivity index (χ4v) is 4.96. The van der Waals surface area contributed by atoms with Crippen LogP contribution in [-0.4, -0.2) is 38.0 Å². The molecule has 194 valence electrons. The molecule has 5 rings (SSSR count). The van der Waals surface area contributed by atoms with E-state index >= 15 is 4.39 Å². The molecule has 2 aliphatic heterocycles. The van der Waals surface area contributed by atoms with Crippen molar-refractivity contribution in [2.45, 2.75) is 84.0 Å². The maximum Gasteiger partial charge on any atom is 0.495 e. The van der Waals surface area contributed by atoms with Crippen molar-refractivity contribution in [3.05, 3.63) is 52.8 Å². The molecule has 1 saturated heterocycles. The van der Waals surface area contributed by atoms with Crippen LogP contribution in [0.5, 0.6) is 11.5 Å². The number of benzene rings is 2. The van der Waals surface area contributed by atoms with E-state index in [0.717, 1.165) is 16.6 Å². The Morgan fingerprint density at radius 2 is 1.81 bits per heavy atom. The van der Waals surface area contributed by atoms with Crippen LogP contribution < -0.4 is 14.9 Å². The Morgan fingerprint density at radius 3 is 2.47 bits per heavy atom. The summed E-state index contributed by atoms with van der Waals surface area (Å²) in [6.45, 7) is 12.5. The van der Waals surface area contributed by atoms with Crippen molar-refractivity contribution >= 4 is 18.6 Å². The van der Waals surface area contributed by atoms with E-state index in [0.29, 0.717) is 36.5 Å². The third kappa shape index (κ3) is 4.73. The summed E-state index contributed by atoms with van der Waals surface area (Å²) in [5, 5.41) is 0. The highest BCUT2D eigenvalue weighted by Crippen LogP contribution is 2.42. The van der Waals surface area contributed by atoms with Gasteiger partial charge in [0.05, 0.1) is 31.3 Å². The van der Waals surface area contributed by atoms with Gasteiger partial charge >= 0.3 is 13.1 Å². The van der Waals surface area contributed by atoms with Gasteiger partial charge in [-0.2, -0.15) is 0 Å². The zero-order chi connectivity index (χ0) is 26.3. The normalized spacial score (nSPS) is 22.7. The molecule has 2 atom stereocenters. The van der Waals surface area contributed by atoms with E-state index in [2.05, 4.69) is 0 Å². The first-order valence-electron chi connectivity index (χ1n) is 12.8. The summed E-state index contributed by atoms with van der Waals surface area (Å²) in [6.07, 6.45) is 1.20. The third-order valence-electron chi connectivity index (χ3n) is 7.61. The number of halogens is 1. The molecule has 0 radical (unpaired) electrons. The number of carbonyl (C=O) groups is 1. The van der Waals surface area contributed by atoms with Gasteiger partial charge in [-0.3, -0.25) is 4.79 Å². The topological polar surface area (TPSA) is 63.2 Å². The minimum atomic E-state index is -0.543. The molecule has 2 heterocycles. The number of hydrogen-bond donors (Lipinski definition) is 0. The van der Waals surface area contributed by atoms with Crippen LogP contribution in [0.25, 0.3) is 0 Å². The van der Waals surface area contributed by atoms with E-state index in [1.54, 1.807) is 6.07 Å². The van der Waals surface area contributed by atoms with E-state index in [4.69, 9.17) is 23.5 Å². The number of fused-ring (bicyclic) bond motifs is 2. The Bertz CT molecular complexity index is 1120. The zero-order valence-electron chi connectivity index (χ0n) is 22.3. The highest BCUT2D eigenvalue weighted by atomic mass is 19.1. The van der Waals surface area contributed by atoms with Crippen LogP contribution in [0.3, 0.4) is 0 Å². The van der Waals surface area contributed by atoms with Crippen molar-refractivity contribution in [1.82, 2.24) is 0 Å². The average Bonchev–Trinajstić information content (AvgIpc) is 3.50. The van der Waals surface area contributed by atoms with E-state index in [-0.39, 0.29) is 24.1 Å². The maximum absolute atomic E-state index is 15.0. The van der Waals surface area contributed by atoms with Crippen molar-refractivity contribution in [2.75, 3.05) is 13.7 Å². The van der Waals surface area contributed by atoms with E-state index in [1.165, 1.54) is 13.2 Å². The van der Waals surface area contributed by atoms with Gasteiger partial charge < -0.3 is 23.5 Å². The van der Waals surface area contributed by atoms with Crippen molar-refractivity contribution in [3.8, 4) is 11.5 Å². The number of rotatable bonds is 5. The van der Waals surface area contributed by atoms with E-state index < -0.39 is 24.4 Å². The molecule has 0 aromatic heterocycles. The standard InChI is InChI=1S/C26H30BFO6.C2H6/c1-25(2)26(3,4)34-27(33-25)19-9-10-20(28)24-18(19)8-11-21(24)32-16-6-7-17-15(12-23(29)30-5)14-31-22(17)13-16;1-2/h6-7,9-10,13,15,21H,8,11-12,14H2,1-5H3;1-2H3/t15-,21-;/m1./s1. The number of carbonyl (C=O) groups excluding carboxylic acids is 1. The zero-order valence-corrected chi connectivity index (χ0v) is 22.3. The molecule has 3 aliphatic rings. The molecule has 1 fully saturated rings. The molecule has 0 bridgehead atoms. The molecule has 0 unspecified atom stereocenters. The highest BCUT2D eigenvalue weighted by molar-refractivity contribution is 6.62. The summed E-state index contributed by atoms with van der Waals surface area (Å²) in [7, 11) is 0.838. The van der Waals surface area contributed by atoms with Crippen molar-refractivity contribution in [3.63, 3.8) is 0 Å². The quantitative estimate of drug-likeness (QED) is 0.414. The fraction of sp³-hybridized carbons (Fsp3) is 0.536. The lowest BCUT2D eigenvalue weighted by atomic mass is 9.75. The smallest absolute Gasteiger partial charge is 0.492 e. The van der Waals surface area contributed by atoms with Gasteiger partial charge in [-0.05, 0) is 63.7 Å². The Balaban J connectivity index is 0.00000148. The third-order valence-corrected chi connectivity index (χ3v) is 7.61. The van der Waals surface area contributed by atoms with Crippen LogP contribution in [0.2, 0.25) is 0 Å². The molecule has 36 heavy (non-hydrogen) atoms. The summed E-state index contributed by atoms with van der Waals surface area (Å²) in [6, 6.07) is 8.83. The molecule has 6 nitrogen and oxygen atoms in total. The van der Waals surface area contributed by atoms with Gasteiger partial charge in [-0.1, -0.05) is 26.0 Å². The van der Waals surface area contributed by atoms with Crippen LogP contribution in [0.4, 0.5) is 4.39 Å². The molecule has 1 aliphatic carbocycles. The van der Waals surface area contributed by atoms with Crippen LogP contribution in [0, 0.1) is 5.82 Å². The second kappa shape index (κ2) is 10.1. The van der Waals surface area contributed by atoms with Crippen molar-refractivity contribution < 1.29 is 32.7 Å². The predicted molar refractivity (Wildman–Crippen MR) is 136 cm³/mol. The average molecular weight is 498 g/mol. The van der Waals surface area contributed by atoms with Crippen LogP contribution in [0.15, 0.2) is 30.3 Å². The summed E-state index contributed by atoms with van der Waals surface area (Å²) < 4.78 is 44.3. The molecule has 8 heteroatoms. The van der Waals surface area contributed by atoms with Crippen molar-refractivity contribution in [1.29, 1.82) is 0 Å². The minimum absolute atomic E-state index is 0.0383. The van der Waals surface area contributed by atoms with Gasteiger partial charge in [0.1, 0.15) is 23.4 Å². The molecule has 2 aromatic rings. The van der Waals surface area contributed by atoms with E-state index in [1.807, 2.05) is 59.7 Å². The van der Waals surface area contributed by atoms with Crippen LogP contribution in [-0.2, 0) is 25.3 Å². The number of methoxy groups -OCH3 is 1.